The van der Waals surface area contributed by atoms with Crippen molar-refractivity contribution in [2.75, 3.05) is 25.0 Å². The maximum absolute atomic E-state index is 12.8. The van der Waals surface area contributed by atoms with Gasteiger partial charge in [0.1, 0.15) is 11.6 Å². The van der Waals surface area contributed by atoms with Gasteiger partial charge in [0.15, 0.2) is 0 Å². The number of benzene rings is 1. The molecule has 2 N–H and O–H groups in total. The van der Waals surface area contributed by atoms with E-state index in [-0.39, 0.29) is 31.2 Å². The number of amides is 1. The number of anilines is 1. The van der Waals surface area contributed by atoms with Crippen LogP contribution in [0, 0.1) is 6.92 Å². The van der Waals surface area contributed by atoms with E-state index < -0.39 is 11.7 Å². The number of alkyl halides is 3. The average molecular weight is 381 g/mol. The molecule has 1 amide bonds. The molecule has 1 heterocycles. The van der Waals surface area contributed by atoms with Gasteiger partial charge < -0.3 is 15.4 Å². The van der Waals surface area contributed by atoms with Crippen molar-refractivity contribution in [3.05, 3.63) is 53.7 Å². The Morgan fingerprint density at radius 2 is 2.00 bits per heavy atom. The van der Waals surface area contributed by atoms with E-state index in [2.05, 4.69) is 15.6 Å². The van der Waals surface area contributed by atoms with Gasteiger partial charge >= 0.3 is 6.18 Å². The number of aromatic nitrogens is 1. The second-order valence-corrected chi connectivity index (χ2v) is 5.94. The van der Waals surface area contributed by atoms with Crippen molar-refractivity contribution >= 4 is 11.7 Å². The van der Waals surface area contributed by atoms with Crippen molar-refractivity contribution in [2.45, 2.75) is 25.9 Å². The lowest BCUT2D eigenvalue weighted by Crippen LogP contribution is -2.29. The molecular weight excluding hydrogens is 359 g/mol. The van der Waals surface area contributed by atoms with Crippen LogP contribution in [0.3, 0.4) is 0 Å². The van der Waals surface area contributed by atoms with Crippen molar-refractivity contribution in [1.82, 2.24) is 10.3 Å². The van der Waals surface area contributed by atoms with Gasteiger partial charge in [0.2, 0.25) is 5.91 Å². The molecule has 1 aromatic carbocycles. The molecule has 0 aliphatic heterocycles. The minimum absolute atomic E-state index is 0.144. The lowest BCUT2D eigenvalue weighted by molar-refractivity contribution is -0.137. The van der Waals surface area contributed by atoms with E-state index in [1.807, 2.05) is 31.2 Å². The van der Waals surface area contributed by atoms with Crippen LogP contribution < -0.4 is 15.4 Å². The van der Waals surface area contributed by atoms with Crippen LogP contribution in [-0.2, 0) is 11.0 Å². The number of nitrogens with one attached hydrogen (secondary N) is 2. The van der Waals surface area contributed by atoms with Gasteiger partial charge in [-0.3, -0.25) is 4.79 Å². The minimum Gasteiger partial charge on any atom is -0.494 e. The number of hydrogen-bond donors (Lipinski definition) is 2. The summed E-state index contributed by atoms with van der Waals surface area (Å²) >= 11 is 0. The van der Waals surface area contributed by atoms with Gasteiger partial charge in [-0.15, -0.1) is 0 Å². The molecule has 0 atom stereocenters. The highest BCUT2D eigenvalue weighted by atomic mass is 19.4. The van der Waals surface area contributed by atoms with Crippen LogP contribution in [0.4, 0.5) is 19.0 Å². The Morgan fingerprint density at radius 1 is 1.19 bits per heavy atom. The normalized spacial score (nSPS) is 11.1. The SMILES string of the molecule is Cc1cccc(OCCCC(=O)NCCNc2ncccc2C(F)(F)F)c1. The Labute approximate surface area is 155 Å². The van der Waals surface area contributed by atoms with E-state index in [0.717, 1.165) is 17.4 Å². The zero-order valence-corrected chi connectivity index (χ0v) is 15.0. The summed E-state index contributed by atoms with van der Waals surface area (Å²) in [5, 5.41) is 5.25. The number of carbonyl (C=O) groups is 1. The molecule has 0 unspecified atom stereocenters. The molecule has 0 bridgehead atoms. The molecule has 0 aliphatic rings. The smallest absolute Gasteiger partial charge is 0.419 e. The molecule has 8 heteroatoms. The highest BCUT2D eigenvalue weighted by molar-refractivity contribution is 5.75. The standard InChI is InChI=1S/C19H22F3N3O2/c1-14-5-2-6-15(13-14)27-12-4-8-17(26)23-10-11-25-18-16(19(20,21)22)7-3-9-24-18/h2-3,5-7,9,13H,4,8,10-12H2,1H3,(H,23,26)(H,24,25). The van der Waals surface area contributed by atoms with E-state index in [9.17, 15) is 18.0 Å². The van der Waals surface area contributed by atoms with Crippen LogP contribution in [-0.4, -0.2) is 30.6 Å². The van der Waals surface area contributed by atoms with Crippen LogP contribution in [0.15, 0.2) is 42.6 Å². The molecule has 2 aromatic rings. The van der Waals surface area contributed by atoms with Crippen molar-refractivity contribution in [1.29, 1.82) is 0 Å². The van der Waals surface area contributed by atoms with Gasteiger partial charge in [-0.1, -0.05) is 12.1 Å². The summed E-state index contributed by atoms with van der Waals surface area (Å²) in [5.74, 6) is 0.336. The zero-order chi connectivity index (χ0) is 19.7. The number of nitrogens with zero attached hydrogens (tertiary/aromatic N) is 1. The summed E-state index contributed by atoms with van der Waals surface area (Å²) < 4.78 is 44.1. The average Bonchev–Trinajstić information content (AvgIpc) is 2.62. The first-order chi connectivity index (χ1) is 12.9. The Balaban J connectivity index is 1.63. The molecule has 27 heavy (non-hydrogen) atoms. The second-order valence-electron chi connectivity index (χ2n) is 5.94. The van der Waals surface area contributed by atoms with Crippen molar-refractivity contribution < 1.29 is 22.7 Å². The Bertz CT molecular complexity index is 751. The van der Waals surface area contributed by atoms with Crippen molar-refractivity contribution in [3.63, 3.8) is 0 Å². The third kappa shape index (κ3) is 7.16. The van der Waals surface area contributed by atoms with Crippen LogP contribution in [0.1, 0.15) is 24.0 Å². The fraction of sp³-hybridized carbons (Fsp3) is 0.368. The number of carbonyl (C=O) groups excluding carboxylic acids is 1. The van der Waals surface area contributed by atoms with Gasteiger partial charge in [0.05, 0.1) is 12.2 Å². The molecule has 0 aliphatic carbocycles. The number of halogens is 3. The molecule has 5 nitrogen and oxygen atoms in total. The fourth-order valence-electron chi connectivity index (χ4n) is 2.37. The number of aryl methyl sites for hydroxylation is 1. The Kier molecular flexibility index (Phi) is 7.45. The molecule has 0 radical (unpaired) electrons. The van der Waals surface area contributed by atoms with E-state index in [4.69, 9.17) is 4.74 Å². The van der Waals surface area contributed by atoms with Gasteiger partial charge in [0.25, 0.3) is 0 Å². The summed E-state index contributed by atoms with van der Waals surface area (Å²) in [5.41, 5.74) is 0.268. The largest absolute Gasteiger partial charge is 0.494 e. The van der Waals surface area contributed by atoms with E-state index >= 15 is 0 Å². The zero-order valence-electron chi connectivity index (χ0n) is 15.0. The van der Waals surface area contributed by atoms with Crippen molar-refractivity contribution in [2.24, 2.45) is 0 Å². The van der Waals surface area contributed by atoms with Crippen molar-refractivity contribution in [3.8, 4) is 5.75 Å². The van der Waals surface area contributed by atoms with Gasteiger partial charge in [-0.05, 0) is 43.2 Å². The molecule has 0 saturated heterocycles. The lowest BCUT2D eigenvalue weighted by Gasteiger charge is -2.13. The van der Waals surface area contributed by atoms with E-state index in [0.29, 0.717) is 13.0 Å². The Hall–Kier alpha value is -2.77. The number of pyridine rings is 1. The summed E-state index contributed by atoms with van der Waals surface area (Å²) in [6.45, 7) is 2.73. The molecule has 0 spiro atoms. The predicted octanol–water partition coefficient (Wildman–Crippen LogP) is 3.80. The Morgan fingerprint density at radius 3 is 2.74 bits per heavy atom. The molecule has 146 valence electrons. The maximum Gasteiger partial charge on any atom is 0.419 e. The van der Waals surface area contributed by atoms with E-state index in [1.54, 1.807) is 0 Å². The number of hydrogen-bond acceptors (Lipinski definition) is 4. The molecular formula is C19H22F3N3O2. The summed E-state index contributed by atoms with van der Waals surface area (Å²) in [7, 11) is 0. The van der Waals surface area contributed by atoms with Gasteiger partial charge in [-0.25, -0.2) is 4.98 Å². The third-order valence-corrected chi connectivity index (χ3v) is 3.66. The first-order valence-electron chi connectivity index (χ1n) is 8.58. The van der Waals surface area contributed by atoms with Crippen LogP contribution >= 0.6 is 0 Å². The van der Waals surface area contributed by atoms with Crippen LogP contribution in [0.5, 0.6) is 5.75 Å². The minimum atomic E-state index is -4.48. The first kappa shape index (κ1) is 20.5. The lowest BCUT2D eigenvalue weighted by atomic mass is 10.2. The first-order valence-corrected chi connectivity index (χ1v) is 8.58. The van der Waals surface area contributed by atoms with Gasteiger partial charge in [-0.2, -0.15) is 13.2 Å². The topological polar surface area (TPSA) is 63.2 Å². The molecule has 0 saturated carbocycles. The fourth-order valence-corrected chi connectivity index (χ4v) is 2.37. The highest BCUT2D eigenvalue weighted by Crippen LogP contribution is 2.33. The van der Waals surface area contributed by atoms with Gasteiger partial charge in [0, 0.05) is 25.7 Å². The summed E-state index contributed by atoms with van der Waals surface area (Å²) in [6, 6.07) is 9.83. The second kappa shape index (κ2) is 9.80. The summed E-state index contributed by atoms with van der Waals surface area (Å²) in [6.07, 6.45) is -2.36. The number of ether oxygens (including phenoxy) is 1. The third-order valence-electron chi connectivity index (χ3n) is 3.66. The molecule has 0 fully saturated rings. The number of rotatable bonds is 9. The van der Waals surface area contributed by atoms with Crippen LogP contribution in [0.25, 0.3) is 0 Å². The van der Waals surface area contributed by atoms with Crippen LogP contribution in [0.2, 0.25) is 0 Å². The predicted molar refractivity (Wildman–Crippen MR) is 96.6 cm³/mol. The monoisotopic (exact) mass is 381 g/mol. The maximum atomic E-state index is 12.8. The quantitative estimate of drug-likeness (QED) is 0.649. The summed E-state index contributed by atoms with van der Waals surface area (Å²) in [4.78, 5) is 15.5. The molecule has 2 rings (SSSR count). The molecule has 1 aromatic heterocycles. The van der Waals surface area contributed by atoms with E-state index in [1.165, 1.54) is 12.3 Å². The highest BCUT2D eigenvalue weighted by Gasteiger charge is 2.33.